The third kappa shape index (κ3) is 4.90. The number of halogens is 1. The molecule has 1 heterocycles. The summed E-state index contributed by atoms with van der Waals surface area (Å²) < 4.78 is 6.57. The topological polar surface area (TPSA) is 47.0 Å². The number of nitrogens with zero attached hydrogens (tertiary/aromatic N) is 2. The lowest BCUT2D eigenvalue weighted by Crippen LogP contribution is -2.30. The highest BCUT2D eigenvalue weighted by Gasteiger charge is 2.09. The van der Waals surface area contributed by atoms with Crippen LogP contribution in [0.3, 0.4) is 0 Å². The summed E-state index contributed by atoms with van der Waals surface area (Å²) in [5.41, 5.74) is 1.27. The van der Waals surface area contributed by atoms with Crippen molar-refractivity contribution in [2.45, 2.75) is 26.0 Å². The summed E-state index contributed by atoms with van der Waals surface area (Å²) >= 11 is 3.31. The van der Waals surface area contributed by atoms with E-state index in [2.05, 4.69) is 50.3 Å². The minimum absolute atomic E-state index is 0.0977. The Hall–Kier alpha value is -1.46. The molecule has 0 amide bonds. The predicted molar refractivity (Wildman–Crippen MR) is 82.6 cm³/mol. The van der Waals surface area contributed by atoms with E-state index >= 15 is 0 Å². The van der Waals surface area contributed by atoms with Crippen LogP contribution in [0.1, 0.15) is 18.9 Å². The van der Waals surface area contributed by atoms with Crippen molar-refractivity contribution in [3.8, 4) is 5.88 Å². The molecule has 0 aliphatic carbocycles. The fraction of sp³-hybridized carbons (Fsp3) is 0.333. The zero-order chi connectivity index (χ0) is 14.2. The molecule has 0 fully saturated rings. The summed E-state index contributed by atoms with van der Waals surface area (Å²) in [4.78, 5) is 8.09. The minimum atomic E-state index is 0.0977. The van der Waals surface area contributed by atoms with Gasteiger partial charge in [0.25, 0.3) is 0 Å². The molecule has 0 saturated carbocycles. The van der Waals surface area contributed by atoms with Gasteiger partial charge in [0.2, 0.25) is 5.88 Å². The van der Waals surface area contributed by atoms with E-state index in [0.717, 1.165) is 24.1 Å². The molecular weight excluding hydrogens is 318 g/mol. The van der Waals surface area contributed by atoms with Crippen LogP contribution >= 0.6 is 15.9 Å². The van der Waals surface area contributed by atoms with Gasteiger partial charge in [-0.1, -0.05) is 37.3 Å². The average Bonchev–Trinajstić information content (AvgIpc) is 2.47. The van der Waals surface area contributed by atoms with Crippen molar-refractivity contribution in [2.75, 3.05) is 6.54 Å². The Morgan fingerprint density at radius 3 is 2.75 bits per heavy atom. The van der Waals surface area contributed by atoms with Crippen LogP contribution in [0, 0.1) is 0 Å². The fourth-order valence-electron chi connectivity index (χ4n) is 1.80. The van der Waals surface area contributed by atoms with Crippen molar-refractivity contribution >= 4 is 15.9 Å². The van der Waals surface area contributed by atoms with Gasteiger partial charge in [-0.2, -0.15) is 0 Å². The van der Waals surface area contributed by atoms with E-state index in [-0.39, 0.29) is 6.10 Å². The first-order valence-electron chi connectivity index (χ1n) is 6.66. The lowest BCUT2D eigenvalue weighted by atomic mass is 10.2. The molecule has 1 unspecified atom stereocenters. The Morgan fingerprint density at radius 1 is 1.25 bits per heavy atom. The van der Waals surface area contributed by atoms with Gasteiger partial charge in [0.1, 0.15) is 17.0 Å². The third-order valence-electron chi connectivity index (χ3n) is 2.90. The van der Waals surface area contributed by atoms with Gasteiger partial charge in [-0.15, -0.1) is 0 Å². The SMILES string of the molecule is CCC(CNCc1ccccc1)Oc1cc(Br)ncn1. The van der Waals surface area contributed by atoms with Crippen LogP contribution < -0.4 is 10.1 Å². The number of benzene rings is 1. The molecule has 4 nitrogen and oxygen atoms in total. The van der Waals surface area contributed by atoms with E-state index in [4.69, 9.17) is 4.74 Å². The Bertz CT molecular complexity index is 522. The summed E-state index contributed by atoms with van der Waals surface area (Å²) in [5, 5.41) is 3.41. The maximum absolute atomic E-state index is 5.84. The largest absolute Gasteiger partial charge is 0.473 e. The first kappa shape index (κ1) is 14.9. The molecule has 1 N–H and O–H groups in total. The first-order chi connectivity index (χ1) is 9.78. The third-order valence-corrected chi connectivity index (χ3v) is 3.33. The Labute approximate surface area is 127 Å². The van der Waals surface area contributed by atoms with Crippen molar-refractivity contribution in [2.24, 2.45) is 0 Å². The Balaban J connectivity index is 1.80. The van der Waals surface area contributed by atoms with Gasteiger partial charge in [-0.05, 0) is 27.9 Å². The molecule has 1 atom stereocenters. The van der Waals surface area contributed by atoms with Gasteiger partial charge in [0.15, 0.2) is 0 Å². The highest BCUT2D eigenvalue weighted by atomic mass is 79.9. The zero-order valence-electron chi connectivity index (χ0n) is 11.4. The summed E-state index contributed by atoms with van der Waals surface area (Å²) in [6.45, 7) is 3.73. The quantitative estimate of drug-likeness (QED) is 0.789. The molecule has 5 heteroatoms. The summed E-state index contributed by atoms with van der Waals surface area (Å²) in [6, 6.07) is 12.1. The molecule has 0 spiro atoms. The van der Waals surface area contributed by atoms with Crippen molar-refractivity contribution in [1.82, 2.24) is 15.3 Å². The molecule has 0 bridgehead atoms. The van der Waals surface area contributed by atoms with E-state index in [9.17, 15) is 0 Å². The van der Waals surface area contributed by atoms with Gasteiger partial charge >= 0.3 is 0 Å². The van der Waals surface area contributed by atoms with E-state index in [0.29, 0.717) is 5.88 Å². The van der Waals surface area contributed by atoms with E-state index in [1.54, 1.807) is 6.07 Å². The van der Waals surface area contributed by atoms with Crippen LogP contribution in [0.5, 0.6) is 5.88 Å². The standard InChI is InChI=1S/C15H18BrN3O/c1-2-13(20-15-8-14(16)18-11-19-15)10-17-9-12-6-4-3-5-7-12/h3-8,11,13,17H,2,9-10H2,1H3. The number of ether oxygens (including phenoxy) is 1. The minimum Gasteiger partial charge on any atom is -0.473 e. The molecule has 2 rings (SSSR count). The second-order valence-electron chi connectivity index (χ2n) is 4.44. The molecule has 0 aliphatic rings. The number of rotatable bonds is 7. The zero-order valence-corrected chi connectivity index (χ0v) is 13.0. The van der Waals surface area contributed by atoms with E-state index < -0.39 is 0 Å². The highest BCUT2D eigenvalue weighted by molar-refractivity contribution is 9.10. The summed E-state index contributed by atoms with van der Waals surface area (Å²) in [6.07, 6.45) is 2.51. The van der Waals surface area contributed by atoms with Crippen LogP contribution in [-0.4, -0.2) is 22.6 Å². The molecule has 1 aromatic heterocycles. The predicted octanol–water partition coefficient (Wildman–Crippen LogP) is 3.19. The number of nitrogens with one attached hydrogen (secondary N) is 1. The van der Waals surface area contributed by atoms with Crippen LogP contribution in [0.25, 0.3) is 0 Å². The smallest absolute Gasteiger partial charge is 0.217 e. The number of aromatic nitrogens is 2. The van der Waals surface area contributed by atoms with Crippen molar-refractivity contribution in [3.63, 3.8) is 0 Å². The normalized spacial score (nSPS) is 12.1. The first-order valence-corrected chi connectivity index (χ1v) is 7.46. The number of hydrogen-bond donors (Lipinski definition) is 1. The summed E-state index contributed by atoms with van der Waals surface area (Å²) in [5.74, 6) is 0.597. The van der Waals surface area contributed by atoms with Crippen LogP contribution in [0.15, 0.2) is 47.3 Å². The average molecular weight is 336 g/mol. The van der Waals surface area contributed by atoms with Crippen molar-refractivity contribution in [3.05, 3.63) is 52.9 Å². The lowest BCUT2D eigenvalue weighted by Gasteiger charge is -2.17. The van der Waals surface area contributed by atoms with Gasteiger partial charge < -0.3 is 10.1 Å². The molecule has 0 saturated heterocycles. The van der Waals surface area contributed by atoms with Gasteiger partial charge in [-0.25, -0.2) is 9.97 Å². The maximum Gasteiger partial charge on any atom is 0.217 e. The number of hydrogen-bond acceptors (Lipinski definition) is 4. The molecular formula is C15H18BrN3O. The van der Waals surface area contributed by atoms with Gasteiger partial charge in [0, 0.05) is 19.2 Å². The molecule has 20 heavy (non-hydrogen) atoms. The maximum atomic E-state index is 5.84. The van der Waals surface area contributed by atoms with Crippen molar-refractivity contribution < 1.29 is 4.74 Å². The van der Waals surface area contributed by atoms with E-state index in [1.807, 2.05) is 18.2 Å². The highest BCUT2D eigenvalue weighted by Crippen LogP contribution is 2.14. The van der Waals surface area contributed by atoms with Gasteiger partial charge in [0.05, 0.1) is 0 Å². The lowest BCUT2D eigenvalue weighted by molar-refractivity contribution is 0.185. The Kier molecular flexibility index (Phi) is 5.95. The van der Waals surface area contributed by atoms with Crippen LogP contribution in [0.4, 0.5) is 0 Å². The van der Waals surface area contributed by atoms with E-state index in [1.165, 1.54) is 11.9 Å². The molecule has 106 valence electrons. The Morgan fingerprint density at radius 2 is 2.05 bits per heavy atom. The molecule has 1 aromatic carbocycles. The van der Waals surface area contributed by atoms with Crippen LogP contribution in [0.2, 0.25) is 0 Å². The monoisotopic (exact) mass is 335 g/mol. The fourth-order valence-corrected chi connectivity index (χ4v) is 2.08. The second-order valence-corrected chi connectivity index (χ2v) is 5.26. The van der Waals surface area contributed by atoms with Gasteiger partial charge in [-0.3, -0.25) is 0 Å². The second kappa shape index (κ2) is 7.97. The molecule has 2 aromatic rings. The van der Waals surface area contributed by atoms with Crippen molar-refractivity contribution in [1.29, 1.82) is 0 Å². The summed E-state index contributed by atoms with van der Waals surface area (Å²) in [7, 11) is 0. The molecule has 0 aliphatic heterocycles. The molecule has 0 radical (unpaired) electrons. The van der Waals surface area contributed by atoms with Crippen LogP contribution in [-0.2, 0) is 6.54 Å².